The summed E-state index contributed by atoms with van der Waals surface area (Å²) < 4.78 is 0. The first-order valence-electron chi connectivity index (χ1n) is 8.58. The summed E-state index contributed by atoms with van der Waals surface area (Å²) in [5.74, 6) is 0.512. The molecule has 0 unspecified atom stereocenters. The van der Waals surface area contributed by atoms with Gasteiger partial charge in [-0.3, -0.25) is 9.78 Å². The van der Waals surface area contributed by atoms with Crippen molar-refractivity contribution in [1.29, 1.82) is 0 Å². The minimum absolute atomic E-state index is 0.131. The zero-order chi connectivity index (χ0) is 16.6. The molecule has 0 bridgehead atoms. The molecule has 0 aromatic carbocycles. The van der Waals surface area contributed by atoms with E-state index in [-0.39, 0.29) is 11.9 Å². The zero-order valence-corrected chi connectivity index (χ0v) is 13.7. The first-order chi connectivity index (χ1) is 11.8. The lowest BCUT2D eigenvalue weighted by atomic mass is 10.1. The van der Waals surface area contributed by atoms with Crippen LogP contribution >= 0.6 is 0 Å². The van der Waals surface area contributed by atoms with Gasteiger partial charge in [-0.25, -0.2) is 0 Å². The molecule has 2 aromatic rings. The third-order valence-corrected chi connectivity index (χ3v) is 4.28. The molecule has 3 rings (SSSR count). The minimum atomic E-state index is -0.131. The number of nitrogens with zero attached hydrogens (tertiary/aromatic N) is 3. The van der Waals surface area contributed by atoms with Crippen molar-refractivity contribution in [3.05, 3.63) is 47.9 Å². The predicted octanol–water partition coefficient (Wildman–Crippen LogP) is 2.94. The number of anilines is 1. The number of carbonyl (C=O) groups excluding carboxylic acids is 1. The summed E-state index contributed by atoms with van der Waals surface area (Å²) in [7, 11) is 0. The van der Waals surface area contributed by atoms with Crippen LogP contribution in [0.2, 0.25) is 0 Å². The average Bonchev–Trinajstić information content (AvgIpc) is 2.90. The maximum absolute atomic E-state index is 12.3. The fourth-order valence-corrected chi connectivity index (χ4v) is 2.93. The van der Waals surface area contributed by atoms with E-state index >= 15 is 0 Å². The Morgan fingerprint density at radius 2 is 1.92 bits per heavy atom. The Bertz CT molecular complexity index is 636. The van der Waals surface area contributed by atoms with Gasteiger partial charge in [0.15, 0.2) is 5.69 Å². The van der Waals surface area contributed by atoms with Gasteiger partial charge in [0.2, 0.25) is 0 Å². The Balaban J connectivity index is 1.52. The third-order valence-electron chi connectivity index (χ3n) is 4.28. The van der Waals surface area contributed by atoms with Crippen LogP contribution in [-0.4, -0.2) is 27.1 Å². The Hall–Kier alpha value is -2.50. The molecule has 1 aliphatic carbocycles. The summed E-state index contributed by atoms with van der Waals surface area (Å²) in [6.45, 7) is 0.621. The fourth-order valence-electron chi connectivity index (χ4n) is 2.93. The lowest BCUT2D eigenvalue weighted by Gasteiger charge is -2.15. The van der Waals surface area contributed by atoms with E-state index in [2.05, 4.69) is 25.8 Å². The average molecular weight is 325 g/mol. The summed E-state index contributed by atoms with van der Waals surface area (Å²) in [6, 6.07) is 7.65. The highest BCUT2D eigenvalue weighted by Crippen LogP contribution is 2.17. The molecule has 126 valence electrons. The van der Waals surface area contributed by atoms with Crippen LogP contribution in [0.15, 0.2) is 36.7 Å². The molecule has 6 heteroatoms. The molecule has 6 nitrogen and oxygen atoms in total. The van der Waals surface area contributed by atoms with Crippen LogP contribution < -0.4 is 10.6 Å². The molecule has 1 aliphatic rings. The second kappa shape index (κ2) is 8.38. The molecule has 2 N–H and O–H groups in total. The van der Waals surface area contributed by atoms with Gasteiger partial charge in [0, 0.05) is 25.0 Å². The first-order valence-corrected chi connectivity index (χ1v) is 8.58. The number of carbonyl (C=O) groups is 1. The smallest absolute Gasteiger partial charge is 0.272 e. The van der Waals surface area contributed by atoms with Crippen molar-refractivity contribution in [2.24, 2.45) is 0 Å². The maximum atomic E-state index is 12.3. The van der Waals surface area contributed by atoms with Crippen LogP contribution in [0.5, 0.6) is 0 Å². The molecule has 0 saturated heterocycles. The number of rotatable bonds is 5. The van der Waals surface area contributed by atoms with Gasteiger partial charge in [-0.2, -0.15) is 0 Å². The van der Waals surface area contributed by atoms with E-state index < -0.39 is 0 Å². The van der Waals surface area contributed by atoms with Gasteiger partial charge in [0.05, 0.1) is 0 Å². The van der Waals surface area contributed by atoms with Crippen LogP contribution in [-0.2, 0) is 6.54 Å². The van der Waals surface area contributed by atoms with Crippen molar-refractivity contribution in [3.8, 4) is 0 Å². The molecule has 0 atom stereocenters. The number of amides is 1. The predicted molar refractivity (Wildman–Crippen MR) is 92.6 cm³/mol. The van der Waals surface area contributed by atoms with Crippen LogP contribution in [0.4, 0.5) is 5.82 Å². The van der Waals surface area contributed by atoms with Crippen LogP contribution in [0.3, 0.4) is 0 Å². The molecule has 2 aromatic heterocycles. The number of hydrogen-bond donors (Lipinski definition) is 2. The highest BCUT2D eigenvalue weighted by Gasteiger charge is 2.16. The van der Waals surface area contributed by atoms with E-state index in [0.29, 0.717) is 18.1 Å². The number of aromatic nitrogens is 3. The standard InChI is InChI=1S/C18H23N5O/c24-18(21-15-7-3-1-2-4-8-15)16-9-10-17(23-22-16)20-13-14-6-5-11-19-12-14/h5-6,9-12,15H,1-4,7-8,13H2,(H,20,23)(H,21,24). The molecular formula is C18H23N5O. The van der Waals surface area contributed by atoms with Crippen molar-refractivity contribution < 1.29 is 4.79 Å². The molecule has 0 aliphatic heterocycles. The quantitative estimate of drug-likeness (QED) is 0.826. The SMILES string of the molecule is O=C(NC1CCCCCC1)c1ccc(NCc2cccnc2)nn1. The Morgan fingerprint density at radius 1 is 1.08 bits per heavy atom. The fraction of sp³-hybridized carbons (Fsp3) is 0.444. The molecule has 2 heterocycles. The monoisotopic (exact) mass is 325 g/mol. The molecule has 1 fully saturated rings. The molecule has 1 amide bonds. The van der Waals surface area contributed by atoms with Gasteiger partial charge in [0.1, 0.15) is 5.82 Å². The second-order valence-electron chi connectivity index (χ2n) is 6.18. The highest BCUT2D eigenvalue weighted by molar-refractivity contribution is 5.92. The summed E-state index contributed by atoms with van der Waals surface area (Å²) in [5.41, 5.74) is 1.43. The topological polar surface area (TPSA) is 79.8 Å². The third kappa shape index (κ3) is 4.75. The van der Waals surface area contributed by atoms with Gasteiger partial charge < -0.3 is 10.6 Å². The Kier molecular flexibility index (Phi) is 5.71. The summed E-state index contributed by atoms with van der Waals surface area (Å²) in [6.07, 6.45) is 10.6. The van der Waals surface area contributed by atoms with E-state index in [9.17, 15) is 4.79 Å². The molecular weight excluding hydrogens is 302 g/mol. The lowest BCUT2D eigenvalue weighted by molar-refractivity contribution is 0.0927. The van der Waals surface area contributed by atoms with Crippen molar-refractivity contribution in [2.45, 2.75) is 51.1 Å². The zero-order valence-electron chi connectivity index (χ0n) is 13.7. The normalized spacial score (nSPS) is 15.5. The van der Waals surface area contributed by atoms with Crippen LogP contribution in [0.25, 0.3) is 0 Å². The molecule has 0 spiro atoms. The lowest BCUT2D eigenvalue weighted by Crippen LogP contribution is -2.35. The first kappa shape index (κ1) is 16.4. The number of pyridine rings is 1. The van der Waals surface area contributed by atoms with Crippen molar-refractivity contribution >= 4 is 11.7 Å². The van der Waals surface area contributed by atoms with Gasteiger partial charge in [-0.15, -0.1) is 10.2 Å². The largest absolute Gasteiger partial charge is 0.364 e. The minimum Gasteiger partial charge on any atom is -0.364 e. The van der Waals surface area contributed by atoms with Gasteiger partial charge in [-0.05, 0) is 36.6 Å². The van der Waals surface area contributed by atoms with E-state index in [1.54, 1.807) is 24.5 Å². The Morgan fingerprint density at radius 3 is 2.58 bits per heavy atom. The van der Waals surface area contributed by atoms with E-state index in [4.69, 9.17) is 0 Å². The van der Waals surface area contributed by atoms with Crippen molar-refractivity contribution in [2.75, 3.05) is 5.32 Å². The Labute approximate surface area is 142 Å². The number of hydrogen-bond acceptors (Lipinski definition) is 5. The van der Waals surface area contributed by atoms with Crippen LogP contribution in [0, 0.1) is 0 Å². The second-order valence-corrected chi connectivity index (χ2v) is 6.18. The van der Waals surface area contributed by atoms with E-state index in [0.717, 1.165) is 18.4 Å². The van der Waals surface area contributed by atoms with Crippen molar-refractivity contribution in [3.63, 3.8) is 0 Å². The summed E-state index contributed by atoms with van der Waals surface area (Å²) in [5, 5.41) is 14.4. The van der Waals surface area contributed by atoms with E-state index in [1.165, 1.54) is 25.7 Å². The maximum Gasteiger partial charge on any atom is 0.272 e. The number of nitrogens with one attached hydrogen (secondary N) is 2. The molecule has 1 saturated carbocycles. The van der Waals surface area contributed by atoms with E-state index in [1.807, 2.05) is 12.1 Å². The van der Waals surface area contributed by atoms with Crippen molar-refractivity contribution in [1.82, 2.24) is 20.5 Å². The molecule has 24 heavy (non-hydrogen) atoms. The molecule has 0 radical (unpaired) electrons. The highest BCUT2D eigenvalue weighted by atomic mass is 16.2. The summed E-state index contributed by atoms with van der Waals surface area (Å²) in [4.78, 5) is 16.3. The van der Waals surface area contributed by atoms with Gasteiger partial charge in [0.25, 0.3) is 5.91 Å². The van der Waals surface area contributed by atoms with Gasteiger partial charge >= 0.3 is 0 Å². The van der Waals surface area contributed by atoms with Crippen LogP contribution in [0.1, 0.15) is 54.6 Å². The summed E-state index contributed by atoms with van der Waals surface area (Å²) >= 11 is 0. The van der Waals surface area contributed by atoms with Gasteiger partial charge in [-0.1, -0.05) is 31.7 Å².